The molecule has 0 amide bonds. The lowest BCUT2D eigenvalue weighted by Crippen LogP contribution is -2.05. The number of nitrogens with zero attached hydrogens (tertiary/aromatic N) is 1. The second kappa shape index (κ2) is 5.52. The van der Waals surface area contributed by atoms with Crippen molar-refractivity contribution in [2.45, 2.75) is 6.42 Å². The van der Waals surface area contributed by atoms with E-state index in [0.29, 0.717) is 12.0 Å². The van der Waals surface area contributed by atoms with Gasteiger partial charge in [-0.05, 0) is 29.1 Å². The molecule has 0 saturated heterocycles. The summed E-state index contributed by atoms with van der Waals surface area (Å²) in [6.07, 6.45) is 8.15. The van der Waals surface area contributed by atoms with E-state index in [2.05, 4.69) is 6.58 Å². The molecule has 0 bridgehead atoms. The van der Waals surface area contributed by atoms with E-state index in [4.69, 9.17) is 0 Å². The van der Waals surface area contributed by atoms with Crippen molar-refractivity contribution < 1.29 is 4.92 Å². The van der Waals surface area contributed by atoms with Crippen LogP contribution in [0.15, 0.2) is 60.6 Å². The molecule has 1 aliphatic rings. The first-order valence-electron chi connectivity index (χ1n) is 6.07. The largest absolute Gasteiger partial charge is 0.267 e. The molecule has 0 fully saturated rings. The van der Waals surface area contributed by atoms with Crippen LogP contribution in [0.2, 0.25) is 0 Å². The lowest BCUT2D eigenvalue weighted by Gasteiger charge is -2.10. The zero-order chi connectivity index (χ0) is 13.8. The fourth-order valence-corrected chi connectivity index (χ4v) is 2.14. The highest BCUT2D eigenvalue weighted by Crippen LogP contribution is 2.29. The number of fused-ring (bicyclic) bond motifs is 1. The minimum atomic E-state index is -0.305. The highest BCUT2D eigenvalue weighted by molar-refractivity contribution is 6.25. The molecular formula is C15H14BNO2. The Labute approximate surface area is 113 Å². The molecule has 3 nitrogen and oxygen atoms in total. The maximum atomic E-state index is 11.4. The van der Waals surface area contributed by atoms with E-state index in [1.807, 2.05) is 42.5 Å². The first kappa shape index (κ1) is 13.1. The molecule has 4 heteroatoms. The lowest BCUT2D eigenvalue weighted by atomic mass is 9.85. The molecule has 0 aromatic heterocycles. The number of rotatable bonds is 1. The van der Waals surface area contributed by atoms with Gasteiger partial charge in [-0.3, -0.25) is 10.1 Å². The zero-order valence-corrected chi connectivity index (χ0v) is 10.8. The summed E-state index contributed by atoms with van der Waals surface area (Å²) in [5.74, 6) is 0. The van der Waals surface area contributed by atoms with E-state index in [1.54, 1.807) is 13.9 Å². The van der Waals surface area contributed by atoms with E-state index in [-0.39, 0.29) is 10.6 Å². The third kappa shape index (κ3) is 2.73. The minimum absolute atomic E-state index is 0.178. The second-order valence-electron chi connectivity index (χ2n) is 4.45. The third-order valence-electron chi connectivity index (χ3n) is 3.08. The molecule has 0 heterocycles. The topological polar surface area (TPSA) is 43.1 Å². The fourth-order valence-electron chi connectivity index (χ4n) is 2.14. The van der Waals surface area contributed by atoms with Crippen LogP contribution in [0.3, 0.4) is 0 Å². The Morgan fingerprint density at radius 1 is 1.21 bits per heavy atom. The summed E-state index contributed by atoms with van der Waals surface area (Å²) in [5.41, 5.74) is 3.14. The summed E-state index contributed by atoms with van der Waals surface area (Å²) in [7, 11) is 1.80. The first-order chi connectivity index (χ1) is 9.11. The fraction of sp³-hybridized carbons (Fsp3) is 0.0667. The predicted octanol–water partition coefficient (Wildman–Crippen LogP) is 2.79. The zero-order valence-electron chi connectivity index (χ0n) is 10.8. The van der Waals surface area contributed by atoms with Crippen molar-refractivity contribution in [3.63, 3.8) is 0 Å². The van der Waals surface area contributed by atoms with Gasteiger partial charge in [0.15, 0.2) is 0 Å². The van der Waals surface area contributed by atoms with Crippen LogP contribution >= 0.6 is 0 Å². The number of benzene rings is 1. The summed E-state index contributed by atoms with van der Waals surface area (Å²) in [6, 6.07) is 7.33. The second-order valence-corrected chi connectivity index (χ2v) is 4.45. The van der Waals surface area contributed by atoms with Crippen LogP contribution in [0, 0.1) is 10.1 Å². The van der Waals surface area contributed by atoms with Crippen molar-refractivity contribution in [2.75, 3.05) is 0 Å². The monoisotopic (exact) mass is 251 g/mol. The maximum Gasteiger partial charge on any atom is 0.267 e. The highest BCUT2D eigenvalue weighted by atomic mass is 16.6. The standard InChI is InChI=1S/C15H14BNO2/c1-11-7-3-2-4-10-14(16)15(17(18)19)13-9-6-5-8-12(11)13/h2-9H,1,10,16H2/b4-2-,7-3-,15-14-. The Morgan fingerprint density at radius 2 is 1.89 bits per heavy atom. The molecule has 0 saturated carbocycles. The van der Waals surface area contributed by atoms with Crippen LogP contribution in [0.1, 0.15) is 17.5 Å². The van der Waals surface area contributed by atoms with Gasteiger partial charge in [-0.15, -0.1) is 0 Å². The van der Waals surface area contributed by atoms with Crippen LogP contribution in [-0.4, -0.2) is 12.8 Å². The minimum Gasteiger partial charge on any atom is -0.258 e. The number of allylic oxidation sites excluding steroid dienone is 6. The van der Waals surface area contributed by atoms with E-state index < -0.39 is 0 Å². The lowest BCUT2D eigenvalue weighted by molar-refractivity contribution is -0.376. The van der Waals surface area contributed by atoms with Crippen molar-refractivity contribution in [1.82, 2.24) is 0 Å². The molecule has 94 valence electrons. The quantitative estimate of drug-likeness (QED) is 0.437. The molecule has 1 aromatic carbocycles. The third-order valence-corrected chi connectivity index (χ3v) is 3.08. The number of hydrogen-bond acceptors (Lipinski definition) is 2. The van der Waals surface area contributed by atoms with Crippen LogP contribution < -0.4 is 0 Å². The molecule has 0 radical (unpaired) electrons. The van der Waals surface area contributed by atoms with Crippen molar-refractivity contribution >= 4 is 19.1 Å². The molecule has 0 N–H and O–H groups in total. The van der Waals surface area contributed by atoms with Gasteiger partial charge >= 0.3 is 0 Å². The van der Waals surface area contributed by atoms with Gasteiger partial charge in [0.2, 0.25) is 0 Å². The van der Waals surface area contributed by atoms with Crippen molar-refractivity contribution in [1.29, 1.82) is 0 Å². The van der Waals surface area contributed by atoms with E-state index in [1.165, 1.54) is 0 Å². The molecule has 1 aromatic rings. The predicted molar refractivity (Wildman–Crippen MR) is 80.8 cm³/mol. The molecule has 0 atom stereocenters. The van der Waals surface area contributed by atoms with Crippen molar-refractivity contribution in [3.8, 4) is 0 Å². The molecule has 1 aliphatic carbocycles. The van der Waals surface area contributed by atoms with E-state index in [0.717, 1.165) is 16.6 Å². The van der Waals surface area contributed by atoms with Gasteiger partial charge in [-0.2, -0.15) is 0 Å². The number of nitro groups is 1. The maximum absolute atomic E-state index is 11.4. The molecule has 0 spiro atoms. The molecule has 0 aliphatic heterocycles. The average molecular weight is 251 g/mol. The smallest absolute Gasteiger partial charge is 0.258 e. The van der Waals surface area contributed by atoms with Gasteiger partial charge in [-0.1, -0.05) is 49.1 Å². The summed E-state index contributed by atoms with van der Waals surface area (Å²) in [5, 5.41) is 11.4. The summed E-state index contributed by atoms with van der Waals surface area (Å²) in [4.78, 5) is 11.1. The van der Waals surface area contributed by atoms with Gasteiger partial charge in [0, 0.05) is 0 Å². The Kier molecular flexibility index (Phi) is 3.80. The molecule has 19 heavy (non-hydrogen) atoms. The highest BCUT2D eigenvalue weighted by Gasteiger charge is 2.21. The van der Waals surface area contributed by atoms with E-state index >= 15 is 0 Å². The van der Waals surface area contributed by atoms with E-state index in [9.17, 15) is 10.1 Å². The van der Waals surface area contributed by atoms with Gasteiger partial charge in [0.25, 0.3) is 5.70 Å². The van der Waals surface area contributed by atoms with Crippen LogP contribution in [0.5, 0.6) is 0 Å². The molecule has 2 rings (SSSR count). The summed E-state index contributed by atoms with van der Waals surface area (Å²) < 4.78 is 0. The SMILES string of the molecule is B/C1=C(\[N+](=O)[O-])c2ccccc2C(=C)/C=C\C=C/C1. The Bertz CT molecular complexity index is 627. The summed E-state index contributed by atoms with van der Waals surface area (Å²) >= 11 is 0. The molecular weight excluding hydrogens is 237 g/mol. The Hall–Kier alpha value is -2.36. The van der Waals surface area contributed by atoms with Crippen LogP contribution in [0.4, 0.5) is 0 Å². The van der Waals surface area contributed by atoms with Gasteiger partial charge in [-0.25, -0.2) is 0 Å². The normalized spacial score (nSPS) is 22.4. The van der Waals surface area contributed by atoms with Gasteiger partial charge < -0.3 is 0 Å². The Morgan fingerprint density at radius 3 is 2.58 bits per heavy atom. The van der Waals surface area contributed by atoms with Crippen molar-refractivity contribution in [3.05, 3.63) is 81.9 Å². The number of hydrogen-bond donors (Lipinski definition) is 0. The van der Waals surface area contributed by atoms with Crippen LogP contribution in [-0.2, 0) is 0 Å². The first-order valence-corrected chi connectivity index (χ1v) is 6.07. The molecule has 0 unspecified atom stereocenters. The average Bonchev–Trinajstić information content (AvgIpc) is 2.38. The summed E-state index contributed by atoms with van der Waals surface area (Å²) in [6.45, 7) is 3.98. The van der Waals surface area contributed by atoms with Gasteiger partial charge in [0.1, 0.15) is 7.85 Å². The van der Waals surface area contributed by atoms with Gasteiger partial charge in [0.05, 0.1) is 10.5 Å². The van der Waals surface area contributed by atoms with Crippen molar-refractivity contribution in [2.24, 2.45) is 0 Å². The Balaban J connectivity index is 2.73. The van der Waals surface area contributed by atoms with Crippen LogP contribution in [0.25, 0.3) is 11.3 Å².